The number of aliphatic carboxylic acids is 1. The van der Waals surface area contributed by atoms with Crippen molar-refractivity contribution in [3.05, 3.63) is 16.1 Å². The van der Waals surface area contributed by atoms with Crippen LogP contribution < -0.4 is 10.6 Å². The molecule has 0 radical (unpaired) electrons. The molecule has 3 N–H and O–H groups in total. The van der Waals surface area contributed by atoms with E-state index in [1.54, 1.807) is 6.20 Å². The van der Waals surface area contributed by atoms with Gasteiger partial charge in [0.1, 0.15) is 5.01 Å². The molecule has 1 heterocycles. The quantitative estimate of drug-likeness (QED) is 0.738. The molecular weight excluding hydrogens is 294 g/mol. The van der Waals surface area contributed by atoms with E-state index in [-0.39, 0.29) is 13.0 Å². The molecule has 0 unspecified atom stereocenters. The number of imide groups is 1. The Hall–Kier alpha value is -1.96. The summed E-state index contributed by atoms with van der Waals surface area (Å²) in [6.45, 7) is 5.09. The Balaban J connectivity index is 2.39. The highest BCUT2D eigenvalue weighted by Gasteiger charge is 2.30. The molecule has 3 amide bonds. The Morgan fingerprint density at radius 2 is 2.05 bits per heavy atom. The van der Waals surface area contributed by atoms with Crippen LogP contribution in [0, 0.1) is 5.41 Å². The summed E-state index contributed by atoms with van der Waals surface area (Å²) in [5.41, 5.74) is -1.21. The molecule has 1 aromatic heterocycles. The van der Waals surface area contributed by atoms with Crippen LogP contribution in [0.15, 0.2) is 6.20 Å². The molecule has 0 spiro atoms. The molecule has 0 bridgehead atoms. The first-order valence-electron chi connectivity index (χ1n) is 6.49. The summed E-state index contributed by atoms with van der Waals surface area (Å²) in [6.07, 6.45) is 2.36. The normalized spacial score (nSPS) is 11.0. The molecule has 0 atom stereocenters. The summed E-state index contributed by atoms with van der Waals surface area (Å²) in [5, 5.41) is 14.3. The number of thiazole rings is 1. The first-order valence-corrected chi connectivity index (χ1v) is 7.31. The van der Waals surface area contributed by atoms with Gasteiger partial charge in [-0.1, -0.05) is 6.92 Å². The number of urea groups is 1. The van der Waals surface area contributed by atoms with Gasteiger partial charge in [-0.3, -0.25) is 14.9 Å². The Kier molecular flexibility index (Phi) is 5.83. The van der Waals surface area contributed by atoms with E-state index in [0.29, 0.717) is 0 Å². The number of nitrogens with one attached hydrogen (secondary N) is 2. The molecule has 1 aromatic rings. The maximum absolute atomic E-state index is 11.6. The fourth-order valence-electron chi connectivity index (χ4n) is 1.44. The van der Waals surface area contributed by atoms with Gasteiger partial charge in [-0.15, -0.1) is 11.3 Å². The number of carboxylic acids is 1. The number of hydrogen-bond acceptors (Lipinski definition) is 5. The third-order valence-corrected chi connectivity index (χ3v) is 3.93. The van der Waals surface area contributed by atoms with E-state index in [4.69, 9.17) is 5.11 Å². The molecule has 0 fully saturated rings. The van der Waals surface area contributed by atoms with Crippen LogP contribution in [0.2, 0.25) is 0 Å². The minimum absolute atomic E-state index is 0.228. The van der Waals surface area contributed by atoms with Crippen LogP contribution in [-0.4, -0.2) is 28.0 Å². The maximum atomic E-state index is 11.6. The highest BCUT2D eigenvalue weighted by Crippen LogP contribution is 2.19. The summed E-state index contributed by atoms with van der Waals surface area (Å²) in [7, 11) is 0. The fourth-order valence-corrected chi connectivity index (χ4v) is 2.24. The van der Waals surface area contributed by atoms with Gasteiger partial charge in [-0.05, 0) is 20.3 Å². The molecule has 8 heteroatoms. The lowest BCUT2D eigenvalue weighted by Gasteiger charge is -2.17. The predicted octanol–water partition coefficient (Wildman–Crippen LogP) is 1.53. The van der Waals surface area contributed by atoms with Gasteiger partial charge in [0.05, 0.1) is 12.0 Å². The van der Waals surface area contributed by atoms with E-state index in [1.165, 1.54) is 25.2 Å². The zero-order chi connectivity index (χ0) is 16.0. The number of nitrogens with zero attached hydrogens (tertiary/aromatic N) is 1. The zero-order valence-electron chi connectivity index (χ0n) is 12.2. The Morgan fingerprint density at radius 1 is 1.38 bits per heavy atom. The van der Waals surface area contributed by atoms with Crippen LogP contribution in [0.3, 0.4) is 0 Å². The number of carbonyl (C=O) groups is 3. The Labute approximate surface area is 126 Å². The van der Waals surface area contributed by atoms with Crippen LogP contribution in [0.5, 0.6) is 0 Å². The smallest absolute Gasteiger partial charge is 0.321 e. The second-order valence-electron chi connectivity index (χ2n) is 5.17. The number of carbonyl (C=O) groups excluding carboxylic acids is 2. The molecule has 0 saturated carbocycles. The number of aromatic nitrogens is 1. The van der Waals surface area contributed by atoms with Crippen LogP contribution in [-0.2, 0) is 22.6 Å². The van der Waals surface area contributed by atoms with Gasteiger partial charge in [0.2, 0.25) is 5.91 Å². The van der Waals surface area contributed by atoms with Gasteiger partial charge in [0, 0.05) is 17.5 Å². The first-order chi connectivity index (χ1) is 9.74. The van der Waals surface area contributed by atoms with Crippen LogP contribution in [0.4, 0.5) is 4.79 Å². The van der Waals surface area contributed by atoms with E-state index in [0.717, 1.165) is 16.3 Å². The zero-order valence-corrected chi connectivity index (χ0v) is 13.0. The summed E-state index contributed by atoms with van der Waals surface area (Å²) >= 11 is 1.49. The molecule has 116 valence electrons. The number of carboxylic acid groups (broad SMARTS) is 1. The van der Waals surface area contributed by atoms with E-state index in [1.807, 2.05) is 6.92 Å². The standard InChI is InChI=1S/C13H19N3O4S/c1-4-8-6-14-10(21-8)7-15-12(20)16-9(17)5-13(2,3)11(18)19/h6H,4-5,7H2,1-3H3,(H,18,19)(H2,15,16,17,20). The van der Waals surface area contributed by atoms with Gasteiger partial charge in [-0.2, -0.15) is 0 Å². The van der Waals surface area contributed by atoms with Gasteiger partial charge >= 0.3 is 12.0 Å². The SMILES string of the molecule is CCc1cnc(CNC(=O)NC(=O)CC(C)(C)C(=O)O)s1. The van der Waals surface area contributed by atoms with Crippen molar-refractivity contribution in [1.29, 1.82) is 0 Å². The molecule has 0 aliphatic carbocycles. The molecule has 7 nitrogen and oxygen atoms in total. The van der Waals surface area contributed by atoms with Crippen molar-refractivity contribution in [2.75, 3.05) is 0 Å². The molecule has 0 saturated heterocycles. The summed E-state index contributed by atoms with van der Waals surface area (Å²) in [5.74, 6) is -1.72. The van der Waals surface area contributed by atoms with E-state index in [9.17, 15) is 14.4 Å². The second kappa shape index (κ2) is 7.16. The molecule has 0 aliphatic rings. The highest BCUT2D eigenvalue weighted by atomic mass is 32.1. The van der Waals surface area contributed by atoms with Gasteiger partial charge < -0.3 is 10.4 Å². The van der Waals surface area contributed by atoms with Crippen LogP contribution >= 0.6 is 11.3 Å². The van der Waals surface area contributed by atoms with Crippen LogP contribution in [0.25, 0.3) is 0 Å². The maximum Gasteiger partial charge on any atom is 0.321 e. The largest absolute Gasteiger partial charge is 0.481 e. The fraction of sp³-hybridized carbons (Fsp3) is 0.538. The van der Waals surface area contributed by atoms with E-state index < -0.39 is 23.3 Å². The summed E-state index contributed by atoms with van der Waals surface area (Å²) in [6, 6.07) is -0.658. The van der Waals surface area contributed by atoms with Crippen molar-refractivity contribution in [3.8, 4) is 0 Å². The molecular formula is C13H19N3O4S. The Bertz CT molecular complexity index is 539. The van der Waals surface area contributed by atoms with Crippen molar-refractivity contribution in [3.63, 3.8) is 0 Å². The number of amides is 3. The number of aryl methyl sites for hydroxylation is 1. The lowest BCUT2D eigenvalue weighted by atomic mass is 9.89. The number of hydrogen-bond donors (Lipinski definition) is 3. The first kappa shape index (κ1) is 17.1. The van der Waals surface area contributed by atoms with Crippen LogP contribution in [0.1, 0.15) is 37.1 Å². The Morgan fingerprint density at radius 3 is 2.57 bits per heavy atom. The molecule has 1 rings (SSSR count). The predicted molar refractivity (Wildman–Crippen MR) is 77.9 cm³/mol. The summed E-state index contributed by atoms with van der Waals surface area (Å²) in [4.78, 5) is 39.3. The highest BCUT2D eigenvalue weighted by molar-refractivity contribution is 7.11. The average molecular weight is 313 g/mol. The van der Waals surface area contributed by atoms with Crippen molar-refractivity contribution in [1.82, 2.24) is 15.6 Å². The molecule has 21 heavy (non-hydrogen) atoms. The van der Waals surface area contributed by atoms with Crippen molar-refractivity contribution in [2.24, 2.45) is 5.41 Å². The topological polar surface area (TPSA) is 108 Å². The molecule has 0 aliphatic heterocycles. The van der Waals surface area contributed by atoms with Crippen molar-refractivity contribution < 1.29 is 19.5 Å². The van der Waals surface area contributed by atoms with Gasteiger partial charge in [0.25, 0.3) is 0 Å². The van der Waals surface area contributed by atoms with Crippen molar-refractivity contribution in [2.45, 2.75) is 40.2 Å². The monoisotopic (exact) mass is 313 g/mol. The van der Waals surface area contributed by atoms with Gasteiger partial charge in [-0.25, -0.2) is 9.78 Å². The second-order valence-corrected chi connectivity index (χ2v) is 6.37. The third-order valence-electron chi connectivity index (χ3n) is 2.78. The minimum Gasteiger partial charge on any atom is -0.481 e. The van der Waals surface area contributed by atoms with Gasteiger partial charge in [0.15, 0.2) is 0 Å². The summed E-state index contributed by atoms with van der Waals surface area (Å²) < 4.78 is 0. The van der Waals surface area contributed by atoms with E-state index >= 15 is 0 Å². The minimum atomic E-state index is -1.21. The lowest BCUT2D eigenvalue weighted by Crippen LogP contribution is -2.41. The average Bonchev–Trinajstić information content (AvgIpc) is 2.83. The van der Waals surface area contributed by atoms with Crippen molar-refractivity contribution >= 4 is 29.2 Å². The van der Waals surface area contributed by atoms with E-state index in [2.05, 4.69) is 15.6 Å². The third kappa shape index (κ3) is 5.50. The molecule has 0 aromatic carbocycles. The number of rotatable bonds is 6. The lowest BCUT2D eigenvalue weighted by molar-refractivity contribution is -0.149.